The van der Waals surface area contributed by atoms with Crippen LogP contribution in [0.2, 0.25) is 0 Å². The number of aliphatic hydroxyl groups is 2. The summed E-state index contributed by atoms with van der Waals surface area (Å²) in [6.45, 7) is 0.0217. The van der Waals surface area contributed by atoms with Crippen molar-refractivity contribution >= 4 is 0 Å². The van der Waals surface area contributed by atoms with Crippen LogP contribution in [-0.2, 0) is 4.74 Å². The molecule has 0 spiro atoms. The van der Waals surface area contributed by atoms with Gasteiger partial charge in [0.2, 0.25) is 0 Å². The van der Waals surface area contributed by atoms with Crippen molar-refractivity contribution in [2.24, 2.45) is 0 Å². The fourth-order valence-electron chi connectivity index (χ4n) is 0.738. The number of ether oxygens (including phenoxy) is 1. The number of rotatable bonds is 7. The molecule has 4 nitrogen and oxygen atoms in total. The summed E-state index contributed by atoms with van der Waals surface area (Å²) in [5.74, 6) is 0. The molecule has 0 fully saturated rings. The molecule has 3 N–H and O–H groups in total. The Balaban J connectivity index is 3.33. The Morgan fingerprint density at radius 2 is 1.92 bits per heavy atom. The number of hydrogen-bond donors (Lipinski definition) is 3. The molecule has 0 aromatic carbocycles. The molecule has 0 bridgehead atoms. The maximum absolute atomic E-state index is 11.7. The van der Waals surface area contributed by atoms with Crippen LogP contribution in [0.5, 0.6) is 0 Å². The summed E-state index contributed by atoms with van der Waals surface area (Å²) in [6, 6.07) is 0. The normalized spacial score (nSPS) is 16.2. The van der Waals surface area contributed by atoms with Crippen molar-refractivity contribution < 1.29 is 23.7 Å². The maximum Gasteiger partial charge on any atom is 0.265 e. The third-order valence-electron chi connectivity index (χ3n) is 1.38. The first-order valence-electron chi connectivity index (χ1n) is 3.91. The second-order valence-corrected chi connectivity index (χ2v) is 2.67. The first-order chi connectivity index (χ1) is 6.07. The second-order valence-electron chi connectivity index (χ2n) is 2.67. The van der Waals surface area contributed by atoms with Gasteiger partial charge in [0.15, 0.2) is 0 Å². The third kappa shape index (κ3) is 6.83. The Labute approximate surface area is 75.5 Å². The zero-order valence-electron chi connectivity index (χ0n) is 7.41. The molecule has 0 aliphatic carbocycles. The minimum absolute atomic E-state index is 0.123. The number of alkyl halides is 2. The van der Waals surface area contributed by atoms with E-state index in [2.05, 4.69) is 10.1 Å². The average molecular weight is 199 g/mol. The number of nitrogens with one attached hydrogen (secondary N) is 1. The Bertz CT molecular complexity index is 126. The predicted molar refractivity (Wildman–Crippen MR) is 42.8 cm³/mol. The van der Waals surface area contributed by atoms with Crippen molar-refractivity contribution in [3.05, 3.63) is 0 Å². The third-order valence-corrected chi connectivity index (χ3v) is 1.38. The Morgan fingerprint density at radius 3 is 2.38 bits per heavy atom. The van der Waals surface area contributed by atoms with Crippen molar-refractivity contribution in [3.8, 4) is 0 Å². The molecule has 13 heavy (non-hydrogen) atoms. The lowest BCUT2D eigenvalue weighted by Crippen LogP contribution is -2.37. The van der Waals surface area contributed by atoms with Crippen LogP contribution in [0.1, 0.15) is 0 Å². The van der Waals surface area contributed by atoms with Crippen molar-refractivity contribution in [1.29, 1.82) is 0 Å². The van der Waals surface area contributed by atoms with Gasteiger partial charge in [-0.1, -0.05) is 0 Å². The molecule has 0 aliphatic rings. The number of hydrogen-bond acceptors (Lipinski definition) is 4. The topological polar surface area (TPSA) is 61.7 Å². The molecule has 80 valence electrons. The standard InChI is InChI=1S/C7H15F2NO3/c1-13-4-5(11)2-10-3-6(12)7(8)9/h5-7,10-12H,2-4H2,1H3. The molecule has 0 aromatic rings. The highest BCUT2D eigenvalue weighted by Crippen LogP contribution is 1.98. The van der Waals surface area contributed by atoms with Gasteiger partial charge in [-0.3, -0.25) is 0 Å². The van der Waals surface area contributed by atoms with Crippen LogP contribution in [0.15, 0.2) is 0 Å². The number of halogens is 2. The summed E-state index contributed by atoms with van der Waals surface area (Å²) in [5.41, 5.74) is 0. The summed E-state index contributed by atoms with van der Waals surface area (Å²) in [6.07, 6.45) is -5.18. The Morgan fingerprint density at radius 1 is 1.31 bits per heavy atom. The first kappa shape index (κ1) is 12.7. The van der Waals surface area contributed by atoms with Gasteiger partial charge in [-0.15, -0.1) is 0 Å². The second kappa shape index (κ2) is 7.14. The molecular formula is C7H15F2NO3. The maximum atomic E-state index is 11.7. The Hall–Kier alpha value is -0.300. The van der Waals surface area contributed by atoms with Crippen molar-refractivity contribution in [2.45, 2.75) is 18.6 Å². The lowest BCUT2D eigenvalue weighted by Gasteiger charge is -2.13. The summed E-state index contributed by atoms with van der Waals surface area (Å²) in [7, 11) is 1.43. The lowest BCUT2D eigenvalue weighted by molar-refractivity contribution is -0.00620. The highest BCUT2D eigenvalue weighted by molar-refractivity contribution is 4.64. The van der Waals surface area contributed by atoms with Crippen molar-refractivity contribution in [1.82, 2.24) is 5.32 Å². The molecule has 0 aromatic heterocycles. The Kier molecular flexibility index (Phi) is 6.97. The van der Waals surface area contributed by atoms with Gasteiger partial charge < -0.3 is 20.3 Å². The summed E-state index contributed by atoms with van der Waals surface area (Å²) >= 11 is 0. The van der Waals surface area contributed by atoms with Gasteiger partial charge in [0.05, 0.1) is 12.7 Å². The zero-order valence-corrected chi connectivity index (χ0v) is 7.41. The van der Waals surface area contributed by atoms with E-state index < -0.39 is 18.6 Å². The van der Waals surface area contributed by atoms with Crippen LogP contribution in [0.3, 0.4) is 0 Å². The van der Waals surface area contributed by atoms with E-state index in [-0.39, 0.29) is 19.7 Å². The summed E-state index contributed by atoms with van der Waals surface area (Å²) in [4.78, 5) is 0. The van der Waals surface area contributed by atoms with E-state index in [1.807, 2.05) is 0 Å². The highest BCUT2D eigenvalue weighted by atomic mass is 19.3. The van der Waals surface area contributed by atoms with E-state index >= 15 is 0 Å². The fourth-order valence-corrected chi connectivity index (χ4v) is 0.738. The van der Waals surface area contributed by atoms with Gasteiger partial charge in [-0.2, -0.15) is 0 Å². The van der Waals surface area contributed by atoms with Gasteiger partial charge in [-0.25, -0.2) is 8.78 Å². The molecule has 2 unspecified atom stereocenters. The van der Waals surface area contributed by atoms with E-state index in [0.29, 0.717) is 0 Å². The highest BCUT2D eigenvalue weighted by Gasteiger charge is 2.16. The minimum Gasteiger partial charge on any atom is -0.389 e. The van der Waals surface area contributed by atoms with E-state index in [1.54, 1.807) is 0 Å². The van der Waals surface area contributed by atoms with Crippen LogP contribution >= 0.6 is 0 Å². The average Bonchev–Trinajstić information content (AvgIpc) is 2.04. The van der Waals surface area contributed by atoms with Crippen molar-refractivity contribution in [3.63, 3.8) is 0 Å². The lowest BCUT2D eigenvalue weighted by atomic mass is 10.3. The van der Waals surface area contributed by atoms with E-state index in [4.69, 9.17) is 10.2 Å². The molecule has 0 amide bonds. The van der Waals surface area contributed by atoms with Crippen LogP contribution in [0.4, 0.5) is 8.78 Å². The van der Waals surface area contributed by atoms with Gasteiger partial charge >= 0.3 is 0 Å². The van der Waals surface area contributed by atoms with Crippen LogP contribution in [0, 0.1) is 0 Å². The summed E-state index contributed by atoms with van der Waals surface area (Å²) < 4.78 is 28.1. The molecule has 6 heteroatoms. The van der Waals surface area contributed by atoms with Gasteiger partial charge in [0, 0.05) is 20.2 Å². The summed E-state index contributed by atoms with van der Waals surface area (Å²) in [5, 5.41) is 20.2. The smallest absolute Gasteiger partial charge is 0.265 e. The fraction of sp³-hybridized carbons (Fsp3) is 1.00. The first-order valence-corrected chi connectivity index (χ1v) is 3.91. The van der Waals surface area contributed by atoms with E-state index in [9.17, 15) is 8.78 Å². The van der Waals surface area contributed by atoms with E-state index in [0.717, 1.165) is 0 Å². The SMILES string of the molecule is COCC(O)CNCC(O)C(F)F. The number of aliphatic hydroxyl groups excluding tert-OH is 2. The largest absolute Gasteiger partial charge is 0.389 e. The number of methoxy groups -OCH3 is 1. The molecule has 0 radical (unpaired) electrons. The zero-order chi connectivity index (χ0) is 10.3. The molecule has 2 atom stereocenters. The van der Waals surface area contributed by atoms with Crippen LogP contribution < -0.4 is 5.32 Å². The molecule has 0 heterocycles. The molecular weight excluding hydrogens is 184 g/mol. The molecule has 0 saturated carbocycles. The molecule has 0 aliphatic heterocycles. The monoisotopic (exact) mass is 199 g/mol. The van der Waals surface area contributed by atoms with Gasteiger partial charge in [-0.05, 0) is 0 Å². The van der Waals surface area contributed by atoms with Gasteiger partial charge in [0.1, 0.15) is 6.10 Å². The quantitative estimate of drug-likeness (QED) is 0.503. The minimum atomic E-state index is -2.76. The van der Waals surface area contributed by atoms with Gasteiger partial charge in [0.25, 0.3) is 6.43 Å². The molecule has 0 saturated heterocycles. The van der Waals surface area contributed by atoms with Crippen LogP contribution in [0.25, 0.3) is 0 Å². The van der Waals surface area contributed by atoms with E-state index in [1.165, 1.54) is 7.11 Å². The van der Waals surface area contributed by atoms with Crippen molar-refractivity contribution in [2.75, 3.05) is 26.8 Å². The van der Waals surface area contributed by atoms with Crippen LogP contribution in [-0.4, -0.2) is 55.7 Å². The predicted octanol–water partition coefficient (Wildman–Crippen LogP) is -0.791. The molecule has 0 rings (SSSR count).